The molecule has 2 aliphatic heterocycles. The van der Waals surface area contributed by atoms with E-state index in [1.807, 2.05) is 29.2 Å². The van der Waals surface area contributed by atoms with E-state index in [-0.39, 0.29) is 22.4 Å². The first-order valence-corrected chi connectivity index (χ1v) is 10.3. The van der Waals surface area contributed by atoms with Crippen LogP contribution in [-0.2, 0) is 0 Å². The van der Waals surface area contributed by atoms with E-state index in [1.54, 1.807) is 12.3 Å². The van der Waals surface area contributed by atoms with Gasteiger partial charge in [-0.2, -0.15) is 4.98 Å². The number of rotatable bonds is 2. The Morgan fingerprint density at radius 2 is 2.00 bits per heavy atom. The molecule has 0 aliphatic carbocycles. The van der Waals surface area contributed by atoms with Gasteiger partial charge in [0.05, 0.1) is 10.9 Å². The highest BCUT2D eigenvalue weighted by molar-refractivity contribution is 5.99. The number of fused-ring (bicyclic) bond motifs is 2. The fraction of sp³-hybridized carbons (Fsp3) is 0.261. The smallest absolute Gasteiger partial charge is 0.347 e. The van der Waals surface area contributed by atoms with Crippen LogP contribution < -0.4 is 15.9 Å². The van der Waals surface area contributed by atoms with Gasteiger partial charge in [-0.1, -0.05) is 24.3 Å². The molecule has 0 radical (unpaired) electrons. The van der Waals surface area contributed by atoms with Crippen LogP contribution in [0.4, 0.5) is 10.2 Å². The molecule has 0 atom stereocenters. The van der Waals surface area contributed by atoms with Crippen molar-refractivity contribution in [3.8, 4) is 17.0 Å². The second-order valence-electron chi connectivity index (χ2n) is 8.57. The van der Waals surface area contributed by atoms with E-state index in [2.05, 4.69) is 20.3 Å². The van der Waals surface area contributed by atoms with Crippen molar-refractivity contribution in [2.45, 2.75) is 6.42 Å². The van der Waals surface area contributed by atoms with Gasteiger partial charge in [0.2, 0.25) is 0 Å². The van der Waals surface area contributed by atoms with Crippen LogP contribution in [0.15, 0.2) is 47.4 Å². The maximum atomic E-state index is 15.7. The molecular formula is C23H20FN5O2. The Morgan fingerprint density at radius 1 is 1.16 bits per heavy atom. The number of phenolic OH excluding ortho intramolecular Hbond substituents is 1. The summed E-state index contributed by atoms with van der Waals surface area (Å²) in [4.78, 5) is 25.4. The van der Waals surface area contributed by atoms with Gasteiger partial charge in [0.15, 0.2) is 5.82 Å². The SMILES string of the molecule is O=c1nc(N2CC3(CCNC3)C2)c2cnc(-c3cc(O)cc4ccccc34)c(F)c2[nH]1. The fourth-order valence-corrected chi connectivity index (χ4v) is 4.97. The van der Waals surface area contributed by atoms with Crippen LogP contribution in [0.25, 0.3) is 32.9 Å². The largest absolute Gasteiger partial charge is 0.508 e. The van der Waals surface area contributed by atoms with E-state index in [0.29, 0.717) is 16.8 Å². The van der Waals surface area contributed by atoms with E-state index in [9.17, 15) is 9.90 Å². The number of aromatic hydroxyl groups is 1. The Labute approximate surface area is 176 Å². The number of halogens is 1. The summed E-state index contributed by atoms with van der Waals surface area (Å²) in [5.74, 6) is -0.142. The van der Waals surface area contributed by atoms with E-state index < -0.39 is 11.5 Å². The van der Waals surface area contributed by atoms with Crippen LogP contribution in [0.2, 0.25) is 0 Å². The number of pyridine rings is 1. The van der Waals surface area contributed by atoms with Crippen molar-refractivity contribution in [3.05, 3.63) is 58.9 Å². The molecule has 0 bridgehead atoms. The number of benzene rings is 2. The highest BCUT2D eigenvalue weighted by atomic mass is 19.1. The Hall–Kier alpha value is -3.52. The molecule has 156 valence electrons. The Kier molecular flexibility index (Phi) is 3.82. The van der Waals surface area contributed by atoms with E-state index in [0.717, 1.165) is 43.4 Å². The van der Waals surface area contributed by atoms with Crippen molar-refractivity contribution in [2.75, 3.05) is 31.1 Å². The molecule has 2 aromatic heterocycles. The maximum absolute atomic E-state index is 15.7. The summed E-state index contributed by atoms with van der Waals surface area (Å²) in [7, 11) is 0. The number of nitrogens with zero attached hydrogens (tertiary/aromatic N) is 3. The molecule has 0 amide bonds. The normalized spacial score (nSPS) is 17.5. The zero-order valence-electron chi connectivity index (χ0n) is 16.7. The van der Waals surface area contributed by atoms with Gasteiger partial charge in [-0.25, -0.2) is 9.18 Å². The molecule has 4 heterocycles. The number of hydrogen-bond donors (Lipinski definition) is 3. The predicted molar refractivity (Wildman–Crippen MR) is 117 cm³/mol. The highest BCUT2D eigenvalue weighted by Crippen LogP contribution is 2.41. The van der Waals surface area contributed by atoms with Gasteiger partial charge in [0.25, 0.3) is 0 Å². The molecule has 31 heavy (non-hydrogen) atoms. The first-order valence-electron chi connectivity index (χ1n) is 10.3. The number of H-pyrrole nitrogens is 1. The minimum atomic E-state index is -0.633. The Morgan fingerprint density at radius 3 is 2.81 bits per heavy atom. The maximum Gasteiger partial charge on any atom is 0.347 e. The van der Waals surface area contributed by atoms with Crippen molar-refractivity contribution >= 4 is 27.5 Å². The lowest BCUT2D eigenvalue weighted by Gasteiger charge is -2.48. The standard InChI is InChI=1S/C23H20FN5O2/c24-18-19(16-8-14(30)7-13-3-1-2-4-15(13)16)26-9-17-20(18)27-22(31)28-21(17)29-11-23(12-29)5-6-25-10-23/h1-4,7-9,25,30H,5-6,10-12H2,(H,27,28,31). The summed E-state index contributed by atoms with van der Waals surface area (Å²) in [5, 5.41) is 15.5. The van der Waals surface area contributed by atoms with Gasteiger partial charge in [-0.3, -0.25) is 4.98 Å². The molecule has 7 nitrogen and oxygen atoms in total. The van der Waals surface area contributed by atoms with Crippen LogP contribution in [0, 0.1) is 11.2 Å². The molecule has 4 aromatic rings. The van der Waals surface area contributed by atoms with Gasteiger partial charge in [-0.15, -0.1) is 0 Å². The molecule has 6 rings (SSSR count). The molecular weight excluding hydrogens is 397 g/mol. The summed E-state index contributed by atoms with van der Waals surface area (Å²) in [6.45, 7) is 3.51. The van der Waals surface area contributed by atoms with Crippen LogP contribution in [0.1, 0.15) is 6.42 Å². The zero-order chi connectivity index (χ0) is 21.2. The lowest BCUT2D eigenvalue weighted by Crippen LogP contribution is -2.58. The van der Waals surface area contributed by atoms with Crippen LogP contribution in [-0.4, -0.2) is 46.2 Å². The fourth-order valence-electron chi connectivity index (χ4n) is 4.97. The monoisotopic (exact) mass is 417 g/mol. The average Bonchev–Trinajstić information content (AvgIpc) is 3.23. The molecule has 2 saturated heterocycles. The number of nitrogens with one attached hydrogen (secondary N) is 2. The number of phenols is 1. The van der Waals surface area contributed by atoms with Gasteiger partial charge in [0.1, 0.15) is 17.3 Å². The lowest BCUT2D eigenvalue weighted by molar-refractivity contribution is 0.242. The predicted octanol–water partition coefficient (Wildman–Crippen LogP) is 2.78. The number of hydrogen-bond acceptors (Lipinski definition) is 6. The first kappa shape index (κ1) is 18.3. The third-order valence-corrected chi connectivity index (χ3v) is 6.49. The summed E-state index contributed by atoms with van der Waals surface area (Å²) in [5.41, 5.74) is 0.243. The van der Waals surface area contributed by atoms with Gasteiger partial charge in [-0.05, 0) is 35.9 Å². The topological polar surface area (TPSA) is 94.1 Å². The molecule has 0 saturated carbocycles. The first-order chi connectivity index (χ1) is 15.0. The molecule has 1 spiro atoms. The molecule has 2 aromatic carbocycles. The average molecular weight is 417 g/mol. The minimum Gasteiger partial charge on any atom is -0.508 e. The second kappa shape index (κ2) is 6.49. The molecule has 0 unspecified atom stereocenters. The van der Waals surface area contributed by atoms with Crippen molar-refractivity contribution in [3.63, 3.8) is 0 Å². The summed E-state index contributed by atoms with van der Waals surface area (Å²) >= 11 is 0. The summed E-state index contributed by atoms with van der Waals surface area (Å²) in [6.07, 6.45) is 2.65. The minimum absolute atomic E-state index is 0.0231. The van der Waals surface area contributed by atoms with E-state index >= 15 is 4.39 Å². The summed E-state index contributed by atoms with van der Waals surface area (Å²) < 4.78 is 15.7. The van der Waals surface area contributed by atoms with Gasteiger partial charge >= 0.3 is 5.69 Å². The third kappa shape index (κ3) is 2.79. The van der Waals surface area contributed by atoms with Crippen molar-refractivity contribution in [1.82, 2.24) is 20.3 Å². The number of anilines is 1. The van der Waals surface area contributed by atoms with Crippen molar-refractivity contribution in [1.29, 1.82) is 0 Å². The lowest BCUT2D eigenvalue weighted by atomic mass is 9.79. The van der Waals surface area contributed by atoms with E-state index in [4.69, 9.17) is 0 Å². The quantitative estimate of drug-likeness (QED) is 0.464. The number of aromatic nitrogens is 3. The second-order valence-corrected chi connectivity index (χ2v) is 8.57. The van der Waals surface area contributed by atoms with Crippen molar-refractivity contribution < 1.29 is 9.50 Å². The van der Waals surface area contributed by atoms with Gasteiger partial charge in [0, 0.05) is 36.8 Å². The van der Waals surface area contributed by atoms with Crippen LogP contribution in [0.5, 0.6) is 5.75 Å². The molecule has 2 aliphatic rings. The zero-order valence-corrected chi connectivity index (χ0v) is 16.7. The van der Waals surface area contributed by atoms with Crippen molar-refractivity contribution in [2.24, 2.45) is 5.41 Å². The molecule has 2 fully saturated rings. The Balaban J connectivity index is 1.51. The van der Waals surface area contributed by atoms with Crippen LogP contribution in [0.3, 0.4) is 0 Å². The number of aromatic amines is 1. The van der Waals surface area contributed by atoms with E-state index in [1.165, 1.54) is 6.07 Å². The molecule has 3 N–H and O–H groups in total. The van der Waals surface area contributed by atoms with Crippen LogP contribution >= 0.6 is 0 Å². The molecule has 8 heteroatoms. The van der Waals surface area contributed by atoms with Gasteiger partial charge < -0.3 is 20.3 Å². The summed E-state index contributed by atoms with van der Waals surface area (Å²) in [6, 6.07) is 10.5. The highest BCUT2D eigenvalue weighted by Gasteiger charge is 2.46. The Bertz CT molecular complexity index is 1400. The third-order valence-electron chi connectivity index (χ3n) is 6.49.